The SMILES string of the molecule is Cc1ccc(C(C)C)c(Oc2ccc(N3C[C@H](C(=O)OCC(=O)Nc4ccccc4Cl)CC3=O)cc2)c1. The summed E-state index contributed by atoms with van der Waals surface area (Å²) in [4.78, 5) is 38.9. The Balaban J connectivity index is 1.33. The number of rotatable bonds is 8. The van der Waals surface area contributed by atoms with Crippen molar-refractivity contribution in [2.45, 2.75) is 33.1 Å². The van der Waals surface area contributed by atoms with E-state index in [1.807, 2.05) is 13.0 Å². The van der Waals surface area contributed by atoms with Crippen LogP contribution in [-0.2, 0) is 19.1 Å². The van der Waals surface area contributed by atoms with Crippen LogP contribution in [0.5, 0.6) is 11.5 Å². The number of para-hydroxylation sites is 1. The van der Waals surface area contributed by atoms with Crippen LogP contribution in [0.4, 0.5) is 11.4 Å². The highest BCUT2D eigenvalue weighted by Gasteiger charge is 2.36. The number of amides is 2. The van der Waals surface area contributed by atoms with E-state index in [2.05, 4.69) is 31.3 Å². The molecule has 1 aliphatic rings. The van der Waals surface area contributed by atoms with Crippen molar-refractivity contribution < 1.29 is 23.9 Å². The van der Waals surface area contributed by atoms with Crippen molar-refractivity contribution in [2.75, 3.05) is 23.4 Å². The number of nitrogens with zero attached hydrogens (tertiary/aromatic N) is 1. The number of hydrogen-bond acceptors (Lipinski definition) is 5. The van der Waals surface area contributed by atoms with Crippen LogP contribution >= 0.6 is 11.6 Å². The number of nitrogens with one attached hydrogen (secondary N) is 1. The third kappa shape index (κ3) is 6.49. The van der Waals surface area contributed by atoms with Gasteiger partial charge in [0.25, 0.3) is 5.91 Å². The van der Waals surface area contributed by atoms with E-state index in [4.69, 9.17) is 21.1 Å². The van der Waals surface area contributed by atoms with Crippen molar-refractivity contribution in [2.24, 2.45) is 5.92 Å². The van der Waals surface area contributed by atoms with Crippen LogP contribution in [0.25, 0.3) is 0 Å². The molecule has 3 aromatic rings. The first-order valence-electron chi connectivity index (χ1n) is 12.1. The molecule has 1 aliphatic heterocycles. The number of benzene rings is 3. The molecule has 3 aromatic carbocycles. The summed E-state index contributed by atoms with van der Waals surface area (Å²) in [6.07, 6.45) is 0.0181. The number of carbonyl (C=O) groups is 3. The minimum atomic E-state index is -0.655. The molecule has 1 heterocycles. The van der Waals surface area contributed by atoms with Crippen molar-refractivity contribution in [3.8, 4) is 11.5 Å². The van der Waals surface area contributed by atoms with E-state index in [9.17, 15) is 14.4 Å². The van der Waals surface area contributed by atoms with Crippen LogP contribution < -0.4 is 15.0 Å². The van der Waals surface area contributed by atoms with Crippen LogP contribution in [0.2, 0.25) is 5.02 Å². The molecule has 7 nitrogen and oxygen atoms in total. The predicted molar refractivity (Wildman–Crippen MR) is 143 cm³/mol. The molecule has 2 amide bonds. The van der Waals surface area contributed by atoms with Gasteiger partial charge in [0, 0.05) is 18.7 Å². The van der Waals surface area contributed by atoms with Crippen molar-refractivity contribution in [3.63, 3.8) is 0 Å². The lowest BCUT2D eigenvalue weighted by Gasteiger charge is -2.18. The predicted octanol–water partition coefficient (Wildman–Crippen LogP) is 6.10. The largest absolute Gasteiger partial charge is 0.457 e. The molecule has 192 valence electrons. The van der Waals surface area contributed by atoms with Gasteiger partial charge in [0.1, 0.15) is 11.5 Å². The van der Waals surface area contributed by atoms with Crippen LogP contribution in [0.15, 0.2) is 66.7 Å². The van der Waals surface area contributed by atoms with Crippen LogP contribution in [-0.4, -0.2) is 30.9 Å². The average molecular weight is 521 g/mol. The molecule has 1 N–H and O–H groups in total. The number of carbonyl (C=O) groups excluding carboxylic acids is 3. The van der Waals surface area contributed by atoms with E-state index in [1.54, 1.807) is 53.4 Å². The number of ether oxygens (including phenoxy) is 2. The molecule has 1 atom stereocenters. The van der Waals surface area contributed by atoms with E-state index in [0.29, 0.717) is 28.1 Å². The lowest BCUT2D eigenvalue weighted by Crippen LogP contribution is -2.28. The van der Waals surface area contributed by atoms with Gasteiger partial charge >= 0.3 is 5.97 Å². The minimum Gasteiger partial charge on any atom is -0.457 e. The summed E-state index contributed by atoms with van der Waals surface area (Å²) in [5.74, 6) is -0.159. The van der Waals surface area contributed by atoms with Gasteiger partial charge in [0.2, 0.25) is 5.91 Å². The Morgan fingerprint density at radius 3 is 2.51 bits per heavy atom. The lowest BCUT2D eigenvalue weighted by molar-refractivity contribution is -0.151. The fourth-order valence-corrected chi connectivity index (χ4v) is 4.33. The van der Waals surface area contributed by atoms with Gasteiger partial charge in [-0.3, -0.25) is 14.4 Å². The third-order valence-corrected chi connectivity index (χ3v) is 6.45. The Bertz CT molecular complexity index is 1310. The maximum absolute atomic E-state index is 12.6. The normalized spacial score (nSPS) is 15.1. The highest BCUT2D eigenvalue weighted by molar-refractivity contribution is 6.33. The van der Waals surface area contributed by atoms with Gasteiger partial charge in [-0.15, -0.1) is 0 Å². The molecule has 0 aliphatic carbocycles. The van der Waals surface area contributed by atoms with Gasteiger partial charge in [-0.2, -0.15) is 0 Å². The molecule has 0 aromatic heterocycles. The Labute approximate surface area is 221 Å². The fourth-order valence-electron chi connectivity index (χ4n) is 4.15. The van der Waals surface area contributed by atoms with Gasteiger partial charge < -0.3 is 19.7 Å². The third-order valence-electron chi connectivity index (χ3n) is 6.12. The smallest absolute Gasteiger partial charge is 0.311 e. The number of anilines is 2. The summed E-state index contributed by atoms with van der Waals surface area (Å²) in [6.45, 7) is 5.97. The molecule has 0 saturated carbocycles. The molecule has 0 unspecified atom stereocenters. The Morgan fingerprint density at radius 1 is 1.08 bits per heavy atom. The molecule has 0 radical (unpaired) electrons. The van der Waals surface area contributed by atoms with Crippen molar-refractivity contribution in [3.05, 3.63) is 82.9 Å². The van der Waals surface area contributed by atoms with E-state index >= 15 is 0 Å². The van der Waals surface area contributed by atoms with E-state index < -0.39 is 24.4 Å². The van der Waals surface area contributed by atoms with Crippen LogP contribution in [0, 0.1) is 12.8 Å². The van der Waals surface area contributed by atoms with Gasteiger partial charge in [-0.1, -0.05) is 49.7 Å². The second-order valence-corrected chi connectivity index (χ2v) is 9.74. The summed E-state index contributed by atoms with van der Waals surface area (Å²) >= 11 is 6.03. The van der Waals surface area contributed by atoms with Crippen molar-refractivity contribution in [1.82, 2.24) is 0 Å². The molecular weight excluding hydrogens is 492 g/mol. The maximum atomic E-state index is 12.6. The van der Waals surface area contributed by atoms with Gasteiger partial charge in [0.15, 0.2) is 6.61 Å². The second kappa shape index (κ2) is 11.5. The van der Waals surface area contributed by atoms with Gasteiger partial charge in [0.05, 0.1) is 16.6 Å². The minimum absolute atomic E-state index is 0.0181. The van der Waals surface area contributed by atoms with Gasteiger partial charge in [-0.05, 0) is 66.4 Å². The quantitative estimate of drug-likeness (QED) is 0.363. The van der Waals surface area contributed by atoms with Gasteiger partial charge in [-0.25, -0.2) is 0 Å². The number of aryl methyl sites for hydroxylation is 1. The highest BCUT2D eigenvalue weighted by atomic mass is 35.5. The lowest BCUT2D eigenvalue weighted by atomic mass is 10.0. The number of esters is 1. The number of halogens is 1. The summed E-state index contributed by atoms with van der Waals surface area (Å²) in [5.41, 5.74) is 3.32. The summed E-state index contributed by atoms with van der Waals surface area (Å²) in [6, 6.07) is 20.1. The number of hydrogen-bond donors (Lipinski definition) is 1. The molecule has 1 saturated heterocycles. The Hall–Kier alpha value is -3.84. The zero-order valence-electron chi connectivity index (χ0n) is 21.0. The average Bonchev–Trinajstić information content (AvgIpc) is 3.26. The summed E-state index contributed by atoms with van der Waals surface area (Å²) in [5, 5.41) is 2.98. The standard InChI is InChI=1S/C29H29ClN2O5/c1-18(2)23-13-8-19(3)14-26(23)37-22-11-9-21(10-12-22)32-16-20(15-28(32)34)29(35)36-17-27(33)31-25-7-5-4-6-24(25)30/h4-14,18,20H,15-17H2,1-3H3,(H,31,33)/t20-/m1/s1. The van der Waals surface area contributed by atoms with Crippen LogP contribution in [0.1, 0.15) is 37.3 Å². The maximum Gasteiger partial charge on any atom is 0.311 e. The zero-order valence-corrected chi connectivity index (χ0v) is 21.7. The molecule has 0 spiro atoms. The Morgan fingerprint density at radius 2 is 1.81 bits per heavy atom. The first-order chi connectivity index (χ1) is 17.7. The first-order valence-corrected chi connectivity index (χ1v) is 12.5. The monoisotopic (exact) mass is 520 g/mol. The molecular formula is C29H29ClN2O5. The molecule has 37 heavy (non-hydrogen) atoms. The molecule has 4 rings (SSSR count). The van der Waals surface area contributed by atoms with E-state index in [-0.39, 0.29) is 18.9 Å². The molecule has 8 heteroatoms. The summed E-state index contributed by atoms with van der Waals surface area (Å²) < 4.78 is 11.3. The summed E-state index contributed by atoms with van der Waals surface area (Å²) in [7, 11) is 0. The Kier molecular flexibility index (Phi) is 8.14. The van der Waals surface area contributed by atoms with Crippen LogP contribution in [0.3, 0.4) is 0 Å². The highest BCUT2D eigenvalue weighted by Crippen LogP contribution is 2.33. The fraction of sp³-hybridized carbons (Fsp3) is 0.276. The first kappa shape index (κ1) is 26.2. The van der Waals surface area contributed by atoms with E-state index in [1.165, 1.54) is 0 Å². The zero-order chi connectivity index (χ0) is 26.5. The van der Waals surface area contributed by atoms with E-state index in [0.717, 1.165) is 16.9 Å². The van der Waals surface area contributed by atoms with Crippen molar-refractivity contribution >= 4 is 40.8 Å². The molecule has 1 fully saturated rings. The second-order valence-electron chi connectivity index (χ2n) is 9.33. The van der Waals surface area contributed by atoms with Crippen molar-refractivity contribution in [1.29, 1.82) is 0 Å². The molecule has 0 bridgehead atoms. The topological polar surface area (TPSA) is 84.9 Å².